The maximum atomic E-state index is 9.48. The van der Waals surface area contributed by atoms with Crippen molar-refractivity contribution in [1.29, 1.82) is 5.26 Å². The number of aromatic hydroxyl groups is 1. The highest BCUT2D eigenvalue weighted by Crippen LogP contribution is 2.38. The van der Waals surface area contributed by atoms with E-state index in [1.165, 1.54) is 6.20 Å². The van der Waals surface area contributed by atoms with Crippen molar-refractivity contribution in [3.63, 3.8) is 0 Å². The number of hydrogen-bond donors (Lipinski definition) is 1. The van der Waals surface area contributed by atoms with Gasteiger partial charge in [0.2, 0.25) is 6.79 Å². The van der Waals surface area contributed by atoms with Crippen molar-refractivity contribution in [3.05, 3.63) is 35.5 Å². The number of hydrogen-bond acceptors (Lipinski definition) is 5. The van der Waals surface area contributed by atoms with Gasteiger partial charge in [-0.3, -0.25) is 4.98 Å². The molecule has 0 bridgehead atoms. The van der Waals surface area contributed by atoms with Crippen LogP contribution in [0.5, 0.6) is 17.2 Å². The van der Waals surface area contributed by atoms with Crippen LogP contribution in [0.4, 0.5) is 0 Å². The van der Waals surface area contributed by atoms with Crippen LogP contribution in [0.1, 0.15) is 11.1 Å². The van der Waals surface area contributed by atoms with Crippen LogP contribution in [0.15, 0.2) is 24.4 Å². The fraction of sp³-hybridized carbons (Fsp3) is 0.143. The largest absolute Gasteiger partial charge is 0.505 e. The van der Waals surface area contributed by atoms with Crippen molar-refractivity contribution in [2.24, 2.45) is 0 Å². The topological polar surface area (TPSA) is 75.4 Å². The number of fused-ring (bicyclic) bond motifs is 1. The molecule has 5 nitrogen and oxygen atoms in total. The van der Waals surface area contributed by atoms with Crippen molar-refractivity contribution < 1.29 is 14.6 Å². The molecule has 1 aromatic carbocycles. The van der Waals surface area contributed by atoms with E-state index in [4.69, 9.17) is 14.7 Å². The first kappa shape index (κ1) is 11.4. The number of pyridine rings is 1. The van der Waals surface area contributed by atoms with E-state index in [0.717, 1.165) is 11.1 Å². The summed E-state index contributed by atoms with van der Waals surface area (Å²) in [6.45, 7) is 2.14. The van der Waals surface area contributed by atoms with Gasteiger partial charge in [-0.1, -0.05) is 0 Å². The smallest absolute Gasteiger partial charge is 0.231 e. The van der Waals surface area contributed by atoms with E-state index in [0.29, 0.717) is 17.2 Å². The first-order valence-corrected chi connectivity index (χ1v) is 5.69. The summed E-state index contributed by atoms with van der Waals surface area (Å²) >= 11 is 0. The van der Waals surface area contributed by atoms with Gasteiger partial charge in [-0.05, 0) is 30.7 Å². The maximum absolute atomic E-state index is 9.48. The second-order valence-corrected chi connectivity index (χ2v) is 4.22. The molecule has 94 valence electrons. The molecule has 1 aliphatic heterocycles. The van der Waals surface area contributed by atoms with Crippen LogP contribution in [0.3, 0.4) is 0 Å². The van der Waals surface area contributed by atoms with Gasteiger partial charge in [-0.2, -0.15) is 5.26 Å². The Labute approximate surface area is 109 Å². The molecule has 0 amide bonds. The molecule has 0 spiro atoms. The molecule has 1 aliphatic rings. The SMILES string of the molecule is Cc1cc2c(cc1-c1cc(C#N)c(O)cn1)OCO2. The Bertz CT molecular complexity index is 705. The fourth-order valence-corrected chi connectivity index (χ4v) is 2.00. The number of ether oxygens (including phenoxy) is 2. The molecule has 0 unspecified atom stereocenters. The maximum Gasteiger partial charge on any atom is 0.231 e. The zero-order chi connectivity index (χ0) is 13.4. The van der Waals surface area contributed by atoms with E-state index in [1.807, 2.05) is 25.1 Å². The number of nitriles is 1. The minimum atomic E-state index is -0.121. The van der Waals surface area contributed by atoms with Crippen molar-refractivity contribution in [2.75, 3.05) is 6.79 Å². The molecule has 2 heterocycles. The molecular formula is C14H10N2O3. The Morgan fingerprint density at radius 2 is 2.00 bits per heavy atom. The molecule has 0 saturated heterocycles. The monoisotopic (exact) mass is 254 g/mol. The number of benzene rings is 1. The fourth-order valence-electron chi connectivity index (χ4n) is 2.00. The van der Waals surface area contributed by atoms with Gasteiger partial charge in [0.25, 0.3) is 0 Å². The van der Waals surface area contributed by atoms with E-state index < -0.39 is 0 Å². The first-order chi connectivity index (χ1) is 9.19. The molecule has 0 aliphatic carbocycles. The molecule has 0 atom stereocenters. The van der Waals surface area contributed by atoms with Crippen molar-refractivity contribution in [3.8, 4) is 34.6 Å². The lowest BCUT2D eigenvalue weighted by Crippen LogP contribution is -1.92. The summed E-state index contributed by atoms with van der Waals surface area (Å²) in [5.74, 6) is 1.25. The summed E-state index contributed by atoms with van der Waals surface area (Å²) in [4.78, 5) is 4.15. The summed E-state index contributed by atoms with van der Waals surface area (Å²) in [7, 11) is 0. The van der Waals surface area contributed by atoms with Gasteiger partial charge in [-0.15, -0.1) is 0 Å². The summed E-state index contributed by atoms with van der Waals surface area (Å²) in [6.07, 6.45) is 1.28. The molecule has 0 radical (unpaired) electrons. The van der Waals surface area contributed by atoms with Crippen molar-refractivity contribution in [2.45, 2.75) is 6.92 Å². The number of aromatic nitrogens is 1. The molecule has 0 saturated carbocycles. The van der Waals surface area contributed by atoms with Gasteiger partial charge in [0.05, 0.1) is 17.5 Å². The van der Waals surface area contributed by atoms with Gasteiger partial charge in [0.1, 0.15) is 6.07 Å². The van der Waals surface area contributed by atoms with Crippen LogP contribution in [-0.4, -0.2) is 16.9 Å². The van der Waals surface area contributed by atoms with Gasteiger partial charge < -0.3 is 14.6 Å². The normalized spacial score (nSPS) is 12.2. The third kappa shape index (κ3) is 1.83. The molecule has 19 heavy (non-hydrogen) atoms. The molecule has 3 rings (SSSR count). The predicted octanol–water partition coefficient (Wildman–Crippen LogP) is 2.36. The summed E-state index contributed by atoms with van der Waals surface area (Å²) < 4.78 is 10.6. The second kappa shape index (κ2) is 4.18. The highest BCUT2D eigenvalue weighted by atomic mass is 16.7. The molecule has 2 aromatic rings. The van der Waals surface area contributed by atoms with Crippen LogP contribution in [0.25, 0.3) is 11.3 Å². The lowest BCUT2D eigenvalue weighted by atomic mass is 10.0. The summed E-state index contributed by atoms with van der Waals surface area (Å²) in [5, 5.41) is 18.4. The van der Waals surface area contributed by atoms with Crippen LogP contribution in [-0.2, 0) is 0 Å². The molecule has 1 N–H and O–H groups in total. The van der Waals surface area contributed by atoms with Gasteiger partial charge in [0, 0.05) is 5.56 Å². The summed E-state index contributed by atoms with van der Waals surface area (Å²) in [6, 6.07) is 7.19. The van der Waals surface area contributed by atoms with E-state index in [9.17, 15) is 5.11 Å². The standard InChI is InChI=1S/C14H10N2O3/c1-8-2-13-14(19-7-18-13)4-10(8)11-3-9(5-15)12(17)6-16-11/h2-4,6,17H,7H2,1H3. The number of nitrogens with zero attached hydrogens (tertiary/aromatic N) is 2. The average Bonchev–Trinajstić information content (AvgIpc) is 2.85. The molecule has 5 heteroatoms. The zero-order valence-corrected chi connectivity index (χ0v) is 10.2. The van der Waals surface area contributed by atoms with Crippen LogP contribution >= 0.6 is 0 Å². The van der Waals surface area contributed by atoms with Crippen molar-refractivity contribution >= 4 is 0 Å². The molecule has 1 aromatic heterocycles. The second-order valence-electron chi connectivity index (χ2n) is 4.22. The van der Waals surface area contributed by atoms with Crippen LogP contribution in [0.2, 0.25) is 0 Å². The number of rotatable bonds is 1. The zero-order valence-electron chi connectivity index (χ0n) is 10.2. The Kier molecular flexibility index (Phi) is 2.50. The van der Waals surface area contributed by atoms with Crippen LogP contribution in [0, 0.1) is 18.3 Å². The van der Waals surface area contributed by atoms with Crippen molar-refractivity contribution in [1.82, 2.24) is 4.98 Å². The third-order valence-corrected chi connectivity index (χ3v) is 3.00. The Morgan fingerprint density at radius 1 is 1.26 bits per heavy atom. The molecular weight excluding hydrogens is 244 g/mol. The molecule has 0 fully saturated rings. The first-order valence-electron chi connectivity index (χ1n) is 5.69. The third-order valence-electron chi connectivity index (χ3n) is 3.00. The van der Waals surface area contributed by atoms with Crippen LogP contribution < -0.4 is 9.47 Å². The number of aryl methyl sites for hydroxylation is 1. The Hall–Kier alpha value is -2.74. The summed E-state index contributed by atoms with van der Waals surface area (Å²) in [5.41, 5.74) is 2.62. The van der Waals surface area contributed by atoms with Gasteiger partial charge >= 0.3 is 0 Å². The van der Waals surface area contributed by atoms with E-state index in [-0.39, 0.29) is 18.1 Å². The van der Waals surface area contributed by atoms with E-state index in [1.54, 1.807) is 6.07 Å². The highest BCUT2D eigenvalue weighted by Gasteiger charge is 2.17. The van der Waals surface area contributed by atoms with Gasteiger partial charge in [0.15, 0.2) is 17.2 Å². The highest BCUT2D eigenvalue weighted by molar-refractivity contribution is 5.70. The quantitative estimate of drug-likeness (QED) is 0.845. The van der Waals surface area contributed by atoms with E-state index >= 15 is 0 Å². The minimum Gasteiger partial charge on any atom is -0.505 e. The minimum absolute atomic E-state index is 0.121. The van der Waals surface area contributed by atoms with E-state index in [2.05, 4.69) is 4.98 Å². The van der Waals surface area contributed by atoms with Gasteiger partial charge in [-0.25, -0.2) is 0 Å². The average molecular weight is 254 g/mol. The lowest BCUT2D eigenvalue weighted by Gasteiger charge is -2.07. The lowest BCUT2D eigenvalue weighted by molar-refractivity contribution is 0.174. The predicted molar refractivity (Wildman–Crippen MR) is 66.9 cm³/mol. The Morgan fingerprint density at radius 3 is 2.74 bits per heavy atom. The Balaban J connectivity index is 2.15.